The number of hydrogen-bond acceptors (Lipinski definition) is 4. The Kier molecular flexibility index (Phi) is 6.07. The maximum absolute atomic E-state index is 11.7. The topological polar surface area (TPSA) is 50.8 Å². The number of nitrogens with one attached hydrogen (secondary N) is 1. The summed E-state index contributed by atoms with van der Waals surface area (Å²) in [5.41, 5.74) is -0.413. The maximum atomic E-state index is 11.7. The largest absolute Gasteiger partial charge is 0.444 e. The molecule has 0 saturated carbocycles. The minimum atomic E-state index is -0.413. The Morgan fingerprint density at radius 1 is 1.37 bits per heavy atom. The molecule has 112 valence electrons. The fourth-order valence-corrected chi connectivity index (χ4v) is 1.78. The van der Waals surface area contributed by atoms with Crippen molar-refractivity contribution < 1.29 is 14.3 Å². The zero-order valence-electron chi connectivity index (χ0n) is 12.9. The van der Waals surface area contributed by atoms with Crippen molar-refractivity contribution in [3.8, 4) is 0 Å². The third-order valence-electron chi connectivity index (χ3n) is 2.74. The molecule has 1 heterocycles. The van der Waals surface area contributed by atoms with Gasteiger partial charge in [0.25, 0.3) is 0 Å². The number of nitrogens with zero attached hydrogens (tertiary/aromatic N) is 1. The standard InChI is InChI=1S/C14H28N2O3/c1-11(2)18-8-6-7-15-12-9-16(10-12)13(17)19-14(3,4)5/h11-12,15H,6-10H2,1-5H3. The average Bonchev–Trinajstić information content (AvgIpc) is 2.16. The van der Waals surface area contributed by atoms with Crippen molar-refractivity contribution >= 4 is 6.09 Å². The van der Waals surface area contributed by atoms with Gasteiger partial charge in [-0.15, -0.1) is 0 Å². The number of hydrogen-bond donors (Lipinski definition) is 1. The van der Waals surface area contributed by atoms with Gasteiger partial charge in [0.15, 0.2) is 0 Å². The number of likely N-dealkylation sites (tertiary alicyclic amines) is 1. The molecule has 1 aliphatic rings. The first kappa shape index (κ1) is 16.2. The Hall–Kier alpha value is -0.810. The van der Waals surface area contributed by atoms with E-state index in [1.54, 1.807) is 4.90 Å². The van der Waals surface area contributed by atoms with E-state index in [4.69, 9.17) is 9.47 Å². The lowest BCUT2D eigenvalue weighted by Crippen LogP contribution is -2.60. The van der Waals surface area contributed by atoms with Crippen LogP contribution in [0.5, 0.6) is 0 Å². The minimum absolute atomic E-state index is 0.214. The van der Waals surface area contributed by atoms with E-state index in [1.807, 2.05) is 34.6 Å². The van der Waals surface area contributed by atoms with Crippen molar-refractivity contribution in [2.45, 2.75) is 58.8 Å². The Labute approximate surface area is 116 Å². The van der Waals surface area contributed by atoms with Crippen molar-refractivity contribution in [3.63, 3.8) is 0 Å². The summed E-state index contributed by atoms with van der Waals surface area (Å²) in [4.78, 5) is 13.4. The van der Waals surface area contributed by atoms with Crippen LogP contribution in [-0.2, 0) is 9.47 Å². The van der Waals surface area contributed by atoms with Gasteiger partial charge in [0.2, 0.25) is 0 Å². The number of carbonyl (C=O) groups is 1. The van der Waals surface area contributed by atoms with E-state index >= 15 is 0 Å². The number of rotatable bonds is 6. The van der Waals surface area contributed by atoms with Crippen LogP contribution in [0.15, 0.2) is 0 Å². The molecule has 0 atom stereocenters. The molecule has 1 rings (SSSR count). The lowest BCUT2D eigenvalue weighted by Gasteiger charge is -2.40. The van der Waals surface area contributed by atoms with E-state index in [0.29, 0.717) is 12.1 Å². The number of carbonyl (C=O) groups excluding carboxylic acids is 1. The fraction of sp³-hybridized carbons (Fsp3) is 0.929. The van der Waals surface area contributed by atoms with Crippen LogP contribution in [0.1, 0.15) is 41.0 Å². The molecule has 1 amide bonds. The van der Waals surface area contributed by atoms with E-state index in [-0.39, 0.29) is 6.09 Å². The van der Waals surface area contributed by atoms with Crippen LogP contribution in [0.3, 0.4) is 0 Å². The summed E-state index contributed by atoms with van der Waals surface area (Å²) in [6.45, 7) is 12.9. The van der Waals surface area contributed by atoms with Crippen LogP contribution >= 0.6 is 0 Å². The van der Waals surface area contributed by atoms with Crippen LogP contribution in [0.25, 0.3) is 0 Å². The molecule has 19 heavy (non-hydrogen) atoms. The van der Waals surface area contributed by atoms with Gasteiger partial charge in [-0.2, -0.15) is 0 Å². The Balaban J connectivity index is 2.02. The van der Waals surface area contributed by atoms with Gasteiger partial charge < -0.3 is 19.7 Å². The summed E-state index contributed by atoms with van der Waals surface area (Å²) >= 11 is 0. The minimum Gasteiger partial charge on any atom is -0.444 e. The highest BCUT2D eigenvalue weighted by molar-refractivity contribution is 5.69. The van der Waals surface area contributed by atoms with Crippen molar-refractivity contribution in [1.82, 2.24) is 10.2 Å². The molecule has 1 fully saturated rings. The zero-order valence-corrected chi connectivity index (χ0v) is 12.9. The van der Waals surface area contributed by atoms with Crippen molar-refractivity contribution in [2.75, 3.05) is 26.2 Å². The van der Waals surface area contributed by atoms with Gasteiger partial charge in [-0.1, -0.05) is 0 Å². The molecule has 5 nitrogen and oxygen atoms in total. The molecule has 1 saturated heterocycles. The van der Waals surface area contributed by atoms with Crippen molar-refractivity contribution in [2.24, 2.45) is 0 Å². The Morgan fingerprint density at radius 2 is 2.00 bits per heavy atom. The van der Waals surface area contributed by atoms with E-state index in [1.165, 1.54) is 0 Å². The highest BCUT2D eigenvalue weighted by Crippen LogP contribution is 2.15. The lowest BCUT2D eigenvalue weighted by atomic mass is 10.1. The third-order valence-corrected chi connectivity index (χ3v) is 2.74. The first-order chi connectivity index (χ1) is 8.78. The van der Waals surface area contributed by atoms with Gasteiger partial charge in [0.05, 0.1) is 6.10 Å². The van der Waals surface area contributed by atoms with Crippen LogP contribution < -0.4 is 5.32 Å². The summed E-state index contributed by atoms with van der Waals surface area (Å²) in [6, 6.07) is 0.395. The highest BCUT2D eigenvalue weighted by atomic mass is 16.6. The monoisotopic (exact) mass is 272 g/mol. The first-order valence-corrected chi connectivity index (χ1v) is 7.11. The van der Waals surface area contributed by atoms with Gasteiger partial charge in [0, 0.05) is 25.7 Å². The quantitative estimate of drug-likeness (QED) is 0.752. The second-order valence-electron chi connectivity index (χ2n) is 6.31. The van der Waals surface area contributed by atoms with Gasteiger partial charge in [-0.05, 0) is 47.6 Å². The summed E-state index contributed by atoms with van der Waals surface area (Å²) in [5, 5.41) is 3.41. The molecule has 5 heteroatoms. The van der Waals surface area contributed by atoms with Crippen LogP contribution in [0.2, 0.25) is 0 Å². The van der Waals surface area contributed by atoms with Gasteiger partial charge in [-0.25, -0.2) is 4.79 Å². The van der Waals surface area contributed by atoms with Gasteiger partial charge >= 0.3 is 6.09 Å². The summed E-state index contributed by atoms with van der Waals surface area (Å²) in [5.74, 6) is 0. The molecule has 0 aromatic rings. The second kappa shape index (κ2) is 7.10. The molecular formula is C14H28N2O3. The van der Waals surface area contributed by atoms with E-state index < -0.39 is 5.60 Å². The lowest BCUT2D eigenvalue weighted by molar-refractivity contribution is 0.00490. The SMILES string of the molecule is CC(C)OCCCNC1CN(C(=O)OC(C)(C)C)C1. The van der Waals surface area contributed by atoms with Crippen molar-refractivity contribution in [1.29, 1.82) is 0 Å². The molecule has 0 aliphatic carbocycles. The summed E-state index contributed by atoms with van der Waals surface area (Å²) in [7, 11) is 0. The first-order valence-electron chi connectivity index (χ1n) is 7.11. The smallest absolute Gasteiger partial charge is 0.410 e. The normalized spacial score (nSPS) is 16.6. The zero-order chi connectivity index (χ0) is 14.5. The fourth-order valence-electron chi connectivity index (χ4n) is 1.78. The van der Waals surface area contributed by atoms with Gasteiger partial charge in [-0.3, -0.25) is 0 Å². The highest BCUT2D eigenvalue weighted by Gasteiger charge is 2.33. The molecule has 0 spiro atoms. The molecule has 0 unspecified atom stereocenters. The van der Waals surface area contributed by atoms with Crippen molar-refractivity contribution in [3.05, 3.63) is 0 Å². The maximum Gasteiger partial charge on any atom is 0.410 e. The number of ether oxygens (including phenoxy) is 2. The van der Waals surface area contributed by atoms with E-state index in [0.717, 1.165) is 32.7 Å². The molecule has 0 aromatic heterocycles. The van der Waals surface area contributed by atoms with Crippen LogP contribution in [0.4, 0.5) is 4.79 Å². The molecular weight excluding hydrogens is 244 g/mol. The predicted molar refractivity (Wildman–Crippen MR) is 75.3 cm³/mol. The summed E-state index contributed by atoms with van der Waals surface area (Å²) < 4.78 is 10.8. The third kappa shape index (κ3) is 6.78. The van der Waals surface area contributed by atoms with Crippen LogP contribution in [0, 0.1) is 0 Å². The van der Waals surface area contributed by atoms with Gasteiger partial charge in [0.1, 0.15) is 5.60 Å². The Morgan fingerprint density at radius 3 is 2.53 bits per heavy atom. The molecule has 0 bridgehead atoms. The summed E-state index contributed by atoms with van der Waals surface area (Å²) in [6.07, 6.45) is 1.08. The second-order valence-corrected chi connectivity index (χ2v) is 6.31. The van der Waals surface area contributed by atoms with Crippen LogP contribution in [-0.4, -0.2) is 55.0 Å². The molecule has 1 aliphatic heterocycles. The van der Waals surface area contributed by atoms with E-state index in [2.05, 4.69) is 5.32 Å². The Bertz CT molecular complexity index is 281. The molecule has 1 N–H and O–H groups in total. The molecule has 0 aromatic carbocycles. The van der Waals surface area contributed by atoms with E-state index in [9.17, 15) is 4.79 Å². The number of amides is 1. The molecule has 0 radical (unpaired) electrons. The average molecular weight is 272 g/mol. The predicted octanol–water partition coefficient (Wildman–Crippen LogP) is 2.01.